The van der Waals surface area contributed by atoms with Gasteiger partial charge in [-0.3, -0.25) is 9.69 Å². The Hall–Kier alpha value is -3.31. The zero-order chi connectivity index (χ0) is 22.9. The molecule has 0 aliphatic carbocycles. The van der Waals surface area contributed by atoms with Gasteiger partial charge < -0.3 is 14.8 Å². The summed E-state index contributed by atoms with van der Waals surface area (Å²) in [7, 11) is 1.65. The van der Waals surface area contributed by atoms with Crippen LogP contribution in [0.25, 0.3) is 0 Å². The van der Waals surface area contributed by atoms with Crippen molar-refractivity contribution in [2.24, 2.45) is 0 Å². The summed E-state index contributed by atoms with van der Waals surface area (Å²) in [5, 5.41) is 3.22. The van der Waals surface area contributed by atoms with Crippen molar-refractivity contribution < 1.29 is 14.3 Å². The Bertz CT molecular complexity index is 1030. The van der Waals surface area contributed by atoms with Gasteiger partial charge in [-0.2, -0.15) is 0 Å². The first kappa shape index (κ1) is 22.9. The van der Waals surface area contributed by atoms with Crippen molar-refractivity contribution in [1.82, 2.24) is 10.2 Å². The van der Waals surface area contributed by atoms with Crippen LogP contribution in [-0.4, -0.2) is 37.0 Å². The minimum atomic E-state index is 0.151. The molecule has 1 amide bonds. The highest BCUT2D eigenvalue weighted by Crippen LogP contribution is 2.31. The average Bonchev–Trinajstić information content (AvgIpc) is 2.85. The van der Waals surface area contributed by atoms with Crippen molar-refractivity contribution in [1.29, 1.82) is 0 Å². The molecule has 0 saturated carbocycles. The van der Waals surface area contributed by atoms with Gasteiger partial charge in [-0.1, -0.05) is 54.6 Å². The average molecular weight is 445 g/mol. The summed E-state index contributed by atoms with van der Waals surface area (Å²) in [5.74, 6) is 2.38. The fraction of sp³-hybridized carbons (Fsp3) is 0.321. The summed E-state index contributed by atoms with van der Waals surface area (Å²) in [6.07, 6.45) is 3.30. The molecular formula is C28H32N2O3. The van der Waals surface area contributed by atoms with Gasteiger partial charge in [-0.15, -0.1) is 0 Å². The number of benzene rings is 3. The van der Waals surface area contributed by atoms with Gasteiger partial charge in [-0.25, -0.2) is 0 Å². The van der Waals surface area contributed by atoms with Crippen molar-refractivity contribution in [3.63, 3.8) is 0 Å². The molecule has 5 heteroatoms. The fourth-order valence-electron chi connectivity index (χ4n) is 4.23. The molecule has 1 heterocycles. The lowest BCUT2D eigenvalue weighted by atomic mass is 10.0. The van der Waals surface area contributed by atoms with Gasteiger partial charge in [0.2, 0.25) is 5.91 Å². The number of hydrogen-bond acceptors (Lipinski definition) is 4. The number of nitrogens with zero attached hydrogens (tertiary/aromatic N) is 1. The molecule has 1 saturated heterocycles. The zero-order valence-corrected chi connectivity index (χ0v) is 19.2. The smallest absolute Gasteiger partial charge is 0.220 e. The molecule has 5 nitrogen and oxygen atoms in total. The Morgan fingerprint density at radius 3 is 2.36 bits per heavy atom. The van der Waals surface area contributed by atoms with Gasteiger partial charge in [0.15, 0.2) is 11.5 Å². The van der Waals surface area contributed by atoms with Gasteiger partial charge in [0, 0.05) is 32.1 Å². The van der Waals surface area contributed by atoms with Crippen LogP contribution in [0.1, 0.15) is 30.4 Å². The molecule has 4 rings (SSSR count). The number of piperidine rings is 1. The lowest BCUT2D eigenvalue weighted by Crippen LogP contribution is -2.44. The summed E-state index contributed by atoms with van der Waals surface area (Å²) in [6.45, 7) is 2.82. The van der Waals surface area contributed by atoms with Crippen LogP contribution in [0.4, 0.5) is 0 Å². The number of aryl methyl sites for hydroxylation is 1. The minimum absolute atomic E-state index is 0.151. The maximum absolute atomic E-state index is 12.3. The third-order valence-corrected chi connectivity index (χ3v) is 6.04. The number of nitrogens with one attached hydrogen (secondary N) is 1. The Morgan fingerprint density at radius 2 is 1.61 bits per heavy atom. The highest BCUT2D eigenvalue weighted by molar-refractivity contribution is 5.76. The van der Waals surface area contributed by atoms with E-state index in [1.54, 1.807) is 7.11 Å². The molecule has 0 aromatic heterocycles. The highest BCUT2D eigenvalue weighted by Gasteiger charge is 2.20. The second-order valence-corrected chi connectivity index (χ2v) is 8.50. The van der Waals surface area contributed by atoms with E-state index in [0.717, 1.165) is 50.4 Å². The first-order valence-electron chi connectivity index (χ1n) is 11.6. The number of para-hydroxylation sites is 2. The summed E-state index contributed by atoms with van der Waals surface area (Å²) in [5.41, 5.74) is 2.42. The second kappa shape index (κ2) is 11.5. The van der Waals surface area contributed by atoms with Crippen LogP contribution >= 0.6 is 0 Å². The molecular weight excluding hydrogens is 412 g/mol. The molecule has 172 valence electrons. The molecule has 1 fully saturated rings. The summed E-state index contributed by atoms with van der Waals surface area (Å²) in [4.78, 5) is 14.8. The van der Waals surface area contributed by atoms with Crippen LogP contribution in [0.2, 0.25) is 0 Å². The number of amides is 1. The van der Waals surface area contributed by atoms with Crippen molar-refractivity contribution in [2.75, 3.05) is 20.2 Å². The molecule has 0 bridgehead atoms. The van der Waals surface area contributed by atoms with Crippen molar-refractivity contribution in [3.05, 3.63) is 90.0 Å². The molecule has 1 aliphatic heterocycles. The van der Waals surface area contributed by atoms with E-state index < -0.39 is 0 Å². The topological polar surface area (TPSA) is 50.8 Å². The summed E-state index contributed by atoms with van der Waals surface area (Å²) >= 11 is 0. The molecule has 1 N–H and O–H groups in total. The maximum Gasteiger partial charge on any atom is 0.220 e. The first-order chi connectivity index (χ1) is 16.2. The first-order valence-corrected chi connectivity index (χ1v) is 11.6. The highest BCUT2D eigenvalue weighted by atomic mass is 16.5. The fourth-order valence-corrected chi connectivity index (χ4v) is 4.23. The molecule has 3 aromatic carbocycles. The van der Waals surface area contributed by atoms with E-state index in [1.807, 2.05) is 54.6 Å². The van der Waals surface area contributed by atoms with E-state index in [1.165, 1.54) is 11.1 Å². The van der Waals surface area contributed by atoms with Gasteiger partial charge >= 0.3 is 0 Å². The molecule has 3 aromatic rings. The minimum Gasteiger partial charge on any atom is -0.493 e. The van der Waals surface area contributed by atoms with E-state index >= 15 is 0 Å². The number of hydrogen-bond donors (Lipinski definition) is 1. The standard InChI is InChI=1S/C28H32N2O3/c1-32-26-12-5-6-13-27(26)33-25-11-7-10-23(20-25)21-30-18-16-24(17-19-30)29-28(31)15-14-22-8-3-2-4-9-22/h2-13,20,24H,14-19,21H2,1H3,(H,29,31). The third-order valence-electron chi connectivity index (χ3n) is 6.04. The Balaban J connectivity index is 1.23. The SMILES string of the molecule is COc1ccccc1Oc1cccc(CN2CCC(NC(=O)CCc3ccccc3)CC2)c1. The predicted octanol–water partition coefficient (Wildman–Crippen LogP) is 5.20. The molecule has 0 spiro atoms. The van der Waals surface area contributed by atoms with E-state index in [2.05, 4.69) is 34.5 Å². The largest absolute Gasteiger partial charge is 0.493 e. The van der Waals surface area contributed by atoms with E-state index in [0.29, 0.717) is 12.2 Å². The monoisotopic (exact) mass is 444 g/mol. The van der Waals surface area contributed by atoms with E-state index in [4.69, 9.17) is 9.47 Å². The normalized spacial score (nSPS) is 14.6. The lowest BCUT2D eigenvalue weighted by Gasteiger charge is -2.32. The van der Waals surface area contributed by atoms with Gasteiger partial charge in [0.05, 0.1) is 7.11 Å². The second-order valence-electron chi connectivity index (χ2n) is 8.50. The number of carbonyl (C=O) groups is 1. The van der Waals surface area contributed by atoms with Crippen LogP contribution in [0.15, 0.2) is 78.9 Å². The van der Waals surface area contributed by atoms with E-state index in [9.17, 15) is 4.79 Å². The zero-order valence-electron chi connectivity index (χ0n) is 19.2. The van der Waals surface area contributed by atoms with Crippen LogP contribution < -0.4 is 14.8 Å². The number of rotatable bonds is 9. The number of methoxy groups -OCH3 is 1. The molecule has 0 radical (unpaired) electrons. The molecule has 0 unspecified atom stereocenters. The Kier molecular flexibility index (Phi) is 7.99. The van der Waals surface area contributed by atoms with Gasteiger partial charge in [-0.05, 0) is 54.7 Å². The van der Waals surface area contributed by atoms with Crippen LogP contribution in [0.3, 0.4) is 0 Å². The number of likely N-dealkylation sites (tertiary alicyclic amines) is 1. The lowest BCUT2D eigenvalue weighted by molar-refractivity contribution is -0.122. The summed E-state index contributed by atoms with van der Waals surface area (Å²) < 4.78 is 11.4. The van der Waals surface area contributed by atoms with Gasteiger partial charge in [0.1, 0.15) is 5.75 Å². The number of ether oxygens (including phenoxy) is 2. The Labute approximate surface area is 196 Å². The van der Waals surface area contributed by atoms with Crippen molar-refractivity contribution in [3.8, 4) is 17.2 Å². The quantitative estimate of drug-likeness (QED) is 0.493. The maximum atomic E-state index is 12.3. The van der Waals surface area contributed by atoms with Crippen LogP contribution in [-0.2, 0) is 17.8 Å². The summed E-state index contributed by atoms with van der Waals surface area (Å²) in [6, 6.07) is 26.3. The number of carbonyl (C=O) groups excluding carboxylic acids is 1. The van der Waals surface area contributed by atoms with Gasteiger partial charge in [0.25, 0.3) is 0 Å². The Morgan fingerprint density at radius 1 is 0.909 bits per heavy atom. The van der Waals surface area contributed by atoms with Crippen LogP contribution in [0, 0.1) is 0 Å². The molecule has 33 heavy (non-hydrogen) atoms. The predicted molar refractivity (Wildman–Crippen MR) is 131 cm³/mol. The van der Waals surface area contributed by atoms with E-state index in [-0.39, 0.29) is 11.9 Å². The van der Waals surface area contributed by atoms with Crippen molar-refractivity contribution >= 4 is 5.91 Å². The third kappa shape index (κ3) is 6.83. The molecule has 1 aliphatic rings. The van der Waals surface area contributed by atoms with Crippen LogP contribution in [0.5, 0.6) is 17.2 Å². The van der Waals surface area contributed by atoms with Crippen molar-refractivity contribution in [2.45, 2.75) is 38.3 Å². The molecule has 0 atom stereocenters.